The second-order valence-electron chi connectivity index (χ2n) is 7.32. The van der Waals surface area contributed by atoms with Crippen LogP contribution in [-0.2, 0) is 12.8 Å². The Morgan fingerprint density at radius 2 is 1.96 bits per heavy atom. The zero-order valence-electron chi connectivity index (χ0n) is 15.9. The fourth-order valence-electron chi connectivity index (χ4n) is 2.82. The third-order valence-corrected chi connectivity index (χ3v) is 4.07. The fraction of sp³-hybridized carbons (Fsp3) is 0.300. The molecule has 7 nitrogen and oxygen atoms in total. The van der Waals surface area contributed by atoms with Crippen LogP contribution in [0.15, 0.2) is 47.0 Å². The molecular formula is C20H21FN4O3. The van der Waals surface area contributed by atoms with E-state index in [2.05, 4.69) is 15.2 Å². The number of carboxylic acid groups (broad SMARTS) is 1. The summed E-state index contributed by atoms with van der Waals surface area (Å²) in [5.41, 5.74) is 0.751. The first kappa shape index (κ1) is 19.5. The average Bonchev–Trinajstić information content (AvgIpc) is 3.08. The first-order valence-corrected chi connectivity index (χ1v) is 8.80. The molecule has 0 aliphatic carbocycles. The van der Waals surface area contributed by atoms with Gasteiger partial charge in [0.1, 0.15) is 11.6 Å². The van der Waals surface area contributed by atoms with E-state index in [0.29, 0.717) is 24.3 Å². The molecule has 0 saturated carbocycles. The molecule has 0 atom stereocenters. The highest BCUT2D eigenvalue weighted by Crippen LogP contribution is 2.26. The maximum absolute atomic E-state index is 13.3. The number of benzene rings is 1. The van der Waals surface area contributed by atoms with Crippen molar-refractivity contribution in [3.05, 3.63) is 59.9 Å². The molecule has 0 saturated heterocycles. The molecule has 2 heterocycles. The summed E-state index contributed by atoms with van der Waals surface area (Å²) in [6.07, 6.45) is 1.44. The zero-order valence-corrected chi connectivity index (χ0v) is 15.9. The molecular weight excluding hydrogens is 363 g/mol. The van der Waals surface area contributed by atoms with Gasteiger partial charge in [-0.1, -0.05) is 12.1 Å². The number of hydrogen-bond donors (Lipinski definition) is 1. The number of pyridine rings is 1. The van der Waals surface area contributed by atoms with Crippen molar-refractivity contribution in [3.8, 4) is 11.5 Å². The first-order valence-electron chi connectivity index (χ1n) is 8.80. The van der Waals surface area contributed by atoms with Crippen LogP contribution in [0.5, 0.6) is 0 Å². The number of carbonyl (C=O) groups is 1. The largest absolute Gasteiger partial charge is 0.465 e. The van der Waals surface area contributed by atoms with Crippen molar-refractivity contribution in [2.45, 2.75) is 39.2 Å². The van der Waals surface area contributed by atoms with Gasteiger partial charge in [-0.3, -0.25) is 4.90 Å². The predicted octanol–water partition coefficient (Wildman–Crippen LogP) is 4.34. The molecule has 0 radical (unpaired) electrons. The first-order chi connectivity index (χ1) is 13.2. The van der Waals surface area contributed by atoms with Gasteiger partial charge < -0.3 is 9.52 Å². The van der Waals surface area contributed by atoms with E-state index in [0.717, 1.165) is 5.56 Å². The number of amides is 1. The van der Waals surface area contributed by atoms with E-state index in [-0.39, 0.29) is 17.5 Å². The Morgan fingerprint density at radius 3 is 2.64 bits per heavy atom. The summed E-state index contributed by atoms with van der Waals surface area (Å²) in [5.74, 6) is 0.688. The van der Waals surface area contributed by atoms with Gasteiger partial charge in [0.05, 0.1) is 0 Å². The van der Waals surface area contributed by atoms with E-state index in [1.165, 1.54) is 23.2 Å². The summed E-state index contributed by atoms with van der Waals surface area (Å²) in [6, 6.07) is 9.64. The van der Waals surface area contributed by atoms with Gasteiger partial charge in [0.25, 0.3) is 0 Å². The molecule has 1 N–H and O–H groups in total. The lowest BCUT2D eigenvalue weighted by Crippen LogP contribution is -2.45. The van der Waals surface area contributed by atoms with Crippen molar-refractivity contribution in [2.24, 2.45) is 0 Å². The minimum atomic E-state index is -1.10. The molecule has 2 aromatic heterocycles. The third kappa shape index (κ3) is 4.51. The Morgan fingerprint density at radius 1 is 1.18 bits per heavy atom. The highest BCUT2D eigenvalue weighted by molar-refractivity contribution is 5.87. The molecule has 1 amide bonds. The third-order valence-electron chi connectivity index (χ3n) is 4.07. The van der Waals surface area contributed by atoms with Gasteiger partial charge >= 0.3 is 6.09 Å². The van der Waals surface area contributed by atoms with Crippen LogP contribution in [0.25, 0.3) is 11.5 Å². The number of aromatic nitrogens is 3. The monoisotopic (exact) mass is 384 g/mol. The lowest BCUT2D eigenvalue weighted by molar-refractivity contribution is 0.195. The van der Waals surface area contributed by atoms with Gasteiger partial charge in [-0.15, -0.1) is 10.2 Å². The van der Waals surface area contributed by atoms with Crippen LogP contribution in [0, 0.1) is 5.82 Å². The molecule has 3 aromatic rings. The van der Waals surface area contributed by atoms with E-state index in [1.54, 1.807) is 39.0 Å². The zero-order chi connectivity index (χ0) is 20.3. The Bertz CT molecular complexity index is 981. The van der Waals surface area contributed by atoms with Gasteiger partial charge in [-0.2, -0.15) is 0 Å². The van der Waals surface area contributed by atoms with Gasteiger partial charge in [-0.25, -0.2) is 14.2 Å². The van der Waals surface area contributed by atoms with Crippen LogP contribution in [0.1, 0.15) is 32.2 Å². The minimum Gasteiger partial charge on any atom is -0.465 e. The second-order valence-corrected chi connectivity index (χ2v) is 7.32. The number of halogens is 1. The van der Waals surface area contributed by atoms with Crippen molar-refractivity contribution >= 4 is 11.9 Å². The molecule has 28 heavy (non-hydrogen) atoms. The molecule has 0 aliphatic heterocycles. The van der Waals surface area contributed by atoms with Crippen molar-refractivity contribution in [3.63, 3.8) is 0 Å². The summed E-state index contributed by atoms with van der Waals surface area (Å²) in [5, 5.41) is 17.6. The fourth-order valence-corrected chi connectivity index (χ4v) is 2.82. The van der Waals surface area contributed by atoms with E-state index >= 15 is 0 Å². The predicted molar refractivity (Wildman–Crippen MR) is 102 cm³/mol. The molecule has 146 valence electrons. The standard InChI is InChI=1S/C20H21FN4O3/c1-20(2,3)25(19(26)27)16-12-14(9-10-22-16)18-24-23-17(28-18)8-7-13-5-4-6-15(21)11-13/h4-6,9-12H,7-8H2,1-3H3,(H,26,27). The van der Waals surface area contributed by atoms with Crippen molar-refractivity contribution in [1.29, 1.82) is 0 Å². The SMILES string of the molecule is CC(C)(C)N(C(=O)O)c1cc(-c2nnc(CCc3cccc(F)c3)o2)ccn1. The number of nitrogens with zero attached hydrogens (tertiary/aromatic N) is 4. The van der Waals surface area contributed by atoms with E-state index in [9.17, 15) is 14.3 Å². The normalized spacial score (nSPS) is 11.4. The van der Waals surface area contributed by atoms with Crippen LogP contribution >= 0.6 is 0 Å². The van der Waals surface area contributed by atoms with E-state index < -0.39 is 11.6 Å². The van der Waals surface area contributed by atoms with Crippen molar-refractivity contribution < 1.29 is 18.7 Å². The molecule has 3 rings (SSSR count). The molecule has 1 aromatic carbocycles. The minimum absolute atomic E-state index is 0.275. The smallest absolute Gasteiger partial charge is 0.413 e. The molecule has 0 aliphatic rings. The van der Waals surface area contributed by atoms with Crippen LogP contribution in [-0.4, -0.2) is 31.9 Å². The van der Waals surface area contributed by atoms with Gasteiger partial charge in [0, 0.05) is 23.7 Å². The summed E-state index contributed by atoms with van der Waals surface area (Å²) in [6.45, 7) is 5.35. The number of hydrogen-bond acceptors (Lipinski definition) is 5. The molecule has 0 fully saturated rings. The summed E-state index contributed by atoms with van der Waals surface area (Å²) in [4.78, 5) is 17.0. The molecule has 8 heteroatoms. The highest BCUT2D eigenvalue weighted by Gasteiger charge is 2.29. The van der Waals surface area contributed by atoms with Crippen molar-refractivity contribution in [2.75, 3.05) is 4.90 Å². The van der Waals surface area contributed by atoms with Crippen LogP contribution in [0.4, 0.5) is 15.0 Å². The Labute approximate surface area is 161 Å². The maximum atomic E-state index is 13.3. The summed E-state index contributed by atoms with van der Waals surface area (Å²) < 4.78 is 19.0. The maximum Gasteiger partial charge on any atom is 0.413 e. The molecule has 0 spiro atoms. The van der Waals surface area contributed by atoms with Crippen LogP contribution in [0.2, 0.25) is 0 Å². The van der Waals surface area contributed by atoms with Crippen molar-refractivity contribution in [1.82, 2.24) is 15.2 Å². The number of aryl methyl sites for hydroxylation is 2. The highest BCUT2D eigenvalue weighted by atomic mass is 19.1. The Kier molecular flexibility index (Phi) is 5.39. The summed E-state index contributed by atoms with van der Waals surface area (Å²) >= 11 is 0. The second kappa shape index (κ2) is 7.75. The van der Waals surface area contributed by atoms with Crippen LogP contribution < -0.4 is 4.90 Å². The van der Waals surface area contributed by atoms with E-state index in [4.69, 9.17) is 4.42 Å². The average molecular weight is 384 g/mol. The van der Waals surface area contributed by atoms with Gasteiger partial charge in [0.15, 0.2) is 0 Å². The topological polar surface area (TPSA) is 92.4 Å². The van der Waals surface area contributed by atoms with Gasteiger partial charge in [-0.05, 0) is 57.0 Å². The van der Waals surface area contributed by atoms with Crippen LogP contribution in [0.3, 0.4) is 0 Å². The van der Waals surface area contributed by atoms with Gasteiger partial charge in [0.2, 0.25) is 11.8 Å². The lowest BCUT2D eigenvalue weighted by atomic mass is 10.1. The Balaban J connectivity index is 1.79. The van der Waals surface area contributed by atoms with E-state index in [1.807, 2.05) is 6.07 Å². The quantitative estimate of drug-likeness (QED) is 0.703. The molecule has 0 bridgehead atoms. The number of anilines is 1. The Hall–Kier alpha value is -3.29. The summed E-state index contributed by atoms with van der Waals surface area (Å²) in [7, 11) is 0. The lowest BCUT2D eigenvalue weighted by Gasteiger charge is -2.32. The molecule has 0 unspecified atom stereocenters. The number of rotatable bonds is 5.